The van der Waals surface area contributed by atoms with E-state index in [0.29, 0.717) is 13.0 Å². The minimum atomic E-state index is -0.622. The summed E-state index contributed by atoms with van der Waals surface area (Å²) in [5, 5.41) is 2.61. The largest absolute Gasteiger partial charge is 0.383 e. The number of amides is 1. The van der Waals surface area contributed by atoms with Crippen LogP contribution in [-0.2, 0) is 6.42 Å². The summed E-state index contributed by atoms with van der Waals surface area (Å²) in [7, 11) is 0. The molecule has 0 atom stereocenters. The van der Waals surface area contributed by atoms with Gasteiger partial charge in [-0.05, 0) is 30.2 Å². The lowest BCUT2D eigenvalue weighted by molar-refractivity contribution is 0.0954. The number of carbonyl (C=O) groups excluding carboxylic acids is 1. The van der Waals surface area contributed by atoms with Crippen LogP contribution in [0.25, 0.3) is 0 Å². The van der Waals surface area contributed by atoms with E-state index in [4.69, 9.17) is 5.73 Å². The number of nitrogens with one attached hydrogen (secondary N) is 1. The van der Waals surface area contributed by atoms with E-state index in [1.165, 1.54) is 12.1 Å². The number of carbonyl (C=O) groups is 1. The minimum Gasteiger partial charge on any atom is -0.383 e. The van der Waals surface area contributed by atoms with Crippen molar-refractivity contribution in [1.29, 1.82) is 0 Å². The molecule has 0 spiro atoms. The van der Waals surface area contributed by atoms with E-state index < -0.39 is 11.7 Å². The number of nitrogen functional groups attached to an aromatic ring is 1. The Morgan fingerprint density at radius 3 is 2.60 bits per heavy atom. The molecule has 6 heteroatoms. The lowest BCUT2D eigenvalue weighted by Crippen LogP contribution is -2.27. The molecular formula is C14H13F2N3O. The van der Waals surface area contributed by atoms with Crippen molar-refractivity contribution in [3.8, 4) is 0 Å². The van der Waals surface area contributed by atoms with Gasteiger partial charge in [0.15, 0.2) is 0 Å². The van der Waals surface area contributed by atoms with Crippen molar-refractivity contribution in [1.82, 2.24) is 10.3 Å². The topological polar surface area (TPSA) is 68.0 Å². The van der Waals surface area contributed by atoms with E-state index in [-0.39, 0.29) is 17.2 Å². The van der Waals surface area contributed by atoms with Gasteiger partial charge in [-0.25, -0.2) is 13.8 Å². The number of benzene rings is 1. The highest BCUT2D eigenvalue weighted by atomic mass is 19.1. The summed E-state index contributed by atoms with van der Waals surface area (Å²) in [5.74, 6) is -1.44. The first-order valence-corrected chi connectivity index (χ1v) is 6.00. The van der Waals surface area contributed by atoms with Crippen LogP contribution in [0.3, 0.4) is 0 Å². The summed E-state index contributed by atoms with van der Waals surface area (Å²) in [6.07, 6.45) is 1.49. The fourth-order valence-corrected chi connectivity index (χ4v) is 1.70. The summed E-state index contributed by atoms with van der Waals surface area (Å²) in [5.41, 5.74) is 6.40. The summed E-state index contributed by atoms with van der Waals surface area (Å²) < 4.78 is 25.7. The highest BCUT2D eigenvalue weighted by molar-refractivity contribution is 5.98. The molecule has 1 aromatic carbocycles. The maximum absolute atomic E-state index is 13.0. The molecule has 2 rings (SSSR count). The fraction of sp³-hybridized carbons (Fsp3) is 0.143. The molecule has 0 saturated carbocycles. The van der Waals surface area contributed by atoms with Crippen LogP contribution in [0.1, 0.15) is 15.9 Å². The van der Waals surface area contributed by atoms with Gasteiger partial charge < -0.3 is 11.1 Å². The number of nitrogens with zero attached hydrogens (tertiary/aromatic N) is 1. The number of hydrogen-bond acceptors (Lipinski definition) is 3. The molecule has 0 bridgehead atoms. The molecule has 0 radical (unpaired) electrons. The van der Waals surface area contributed by atoms with Crippen molar-refractivity contribution >= 4 is 11.7 Å². The van der Waals surface area contributed by atoms with E-state index in [1.807, 2.05) is 0 Å². The zero-order valence-corrected chi connectivity index (χ0v) is 10.6. The smallest absolute Gasteiger partial charge is 0.255 e. The molecule has 1 heterocycles. The SMILES string of the molecule is Nc1ncc(F)cc1C(=O)NCCc1ccc(F)cc1. The van der Waals surface area contributed by atoms with Crippen molar-refractivity contribution in [3.63, 3.8) is 0 Å². The molecule has 0 fully saturated rings. The maximum Gasteiger partial charge on any atom is 0.255 e. The predicted molar refractivity (Wildman–Crippen MR) is 71.0 cm³/mol. The number of rotatable bonds is 4. The first-order chi connectivity index (χ1) is 9.56. The van der Waals surface area contributed by atoms with Gasteiger partial charge in [-0.1, -0.05) is 12.1 Å². The molecule has 0 aliphatic carbocycles. The van der Waals surface area contributed by atoms with Crippen molar-refractivity contribution < 1.29 is 13.6 Å². The second kappa shape index (κ2) is 6.10. The number of anilines is 1. The van der Waals surface area contributed by atoms with Gasteiger partial charge in [-0.2, -0.15) is 0 Å². The zero-order chi connectivity index (χ0) is 14.5. The number of hydrogen-bond donors (Lipinski definition) is 2. The quantitative estimate of drug-likeness (QED) is 0.897. The van der Waals surface area contributed by atoms with Gasteiger partial charge in [0.2, 0.25) is 0 Å². The van der Waals surface area contributed by atoms with Crippen LogP contribution >= 0.6 is 0 Å². The Hall–Kier alpha value is -2.50. The lowest BCUT2D eigenvalue weighted by atomic mass is 10.1. The molecule has 20 heavy (non-hydrogen) atoms. The standard InChI is InChI=1S/C14H13F2N3O/c15-10-3-1-9(2-4-10)5-6-18-14(20)12-7-11(16)8-19-13(12)17/h1-4,7-8H,5-6H2,(H2,17,19)(H,18,20). The van der Waals surface area contributed by atoms with E-state index in [9.17, 15) is 13.6 Å². The molecule has 2 aromatic rings. The predicted octanol–water partition coefficient (Wildman–Crippen LogP) is 1.91. The minimum absolute atomic E-state index is 0.00380. The van der Waals surface area contributed by atoms with Gasteiger partial charge in [-0.3, -0.25) is 4.79 Å². The van der Waals surface area contributed by atoms with E-state index >= 15 is 0 Å². The zero-order valence-electron chi connectivity index (χ0n) is 10.6. The van der Waals surface area contributed by atoms with Crippen molar-refractivity contribution in [2.24, 2.45) is 0 Å². The monoisotopic (exact) mass is 277 g/mol. The second-order valence-electron chi connectivity index (χ2n) is 4.22. The summed E-state index contributed by atoms with van der Waals surface area (Å²) in [4.78, 5) is 15.4. The van der Waals surface area contributed by atoms with E-state index in [2.05, 4.69) is 10.3 Å². The Labute approximate surface area is 114 Å². The van der Waals surface area contributed by atoms with Gasteiger partial charge in [0.25, 0.3) is 5.91 Å². The average Bonchev–Trinajstić information content (AvgIpc) is 2.43. The number of aromatic nitrogens is 1. The third kappa shape index (κ3) is 3.50. The highest BCUT2D eigenvalue weighted by Crippen LogP contribution is 2.09. The van der Waals surface area contributed by atoms with Crippen molar-refractivity contribution in [2.45, 2.75) is 6.42 Å². The molecule has 0 aliphatic rings. The van der Waals surface area contributed by atoms with Gasteiger partial charge in [0.1, 0.15) is 17.5 Å². The lowest BCUT2D eigenvalue weighted by Gasteiger charge is -2.07. The number of nitrogens with two attached hydrogens (primary N) is 1. The fourth-order valence-electron chi connectivity index (χ4n) is 1.70. The van der Waals surface area contributed by atoms with Crippen LogP contribution in [-0.4, -0.2) is 17.4 Å². The second-order valence-corrected chi connectivity index (χ2v) is 4.22. The van der Waals surface area contributed by atoms with E-state index in [1.54, 1.807) is 12.1 Å². The van der Waals surface area contributed by atoms with Crippen LogP contribution in [0.4, 0.5) is 14.6 Å². The highest BCUT2D eigenvalue weighted by Gasteiger charge is 2.11. The molecule has 0 unspecified atom stereocenters. The summed E-state index contributed by atoms with van der Waals surface area (Å²) in [6, 6.07) is 7.02. The van der Waals surface area contributed by atoms with Gasteiger partial charge in [-0.15, -0.1) is 0 Å². The van der Waals surface area contributed by atoms with Gasteiger partial charge >= 0.3 is 0 Å². The number of halogens is 2. The first-order valence-electron chi connectivity index (χ1n) is 6.00. The molecule has 1 amide bonds. The molecule has 4 nitrogen and oxygen atoms in total. The van der Waals surface area contributed by atoms with Crippen LogP contribution < -0.4 is 11.1 Å². The average molecular weight is 277 g/mol. The van der Waals surface area contributed by atoms with Crippen LogP contribution in [0.15, 0.2) is 36.5 Å². The van der Waals surface area contributed by atoms with Gasteiger partial charge in [0, 0.05) is 6.54 Å². The third-order valence-corrected chi connectivity index (χ3v) is 2.74. The summed E-state index contributed by atoms with van der Waals surface area (Å²) in [6.45, 7) is 0.334. The van der Waals surface area contributed by atoms with Crippen LogP contribution in [0.2, 0.25) is 0 Å². The first kappa shape index (κ1) is 13.9. The Morgan fingerprint density at radius 1 is 1.20 bits per heavy atom. The Morgan fingerprint density at radius 2 is 1.90 bits per heavy atom. The summed E-state index contributed by atoms with van der Waals surface area (Å²) >= 11 is 0. The molecule has 3 N–H and O–H groups in total. The molecule has 0 aliphatic heterocycles. The number of pyridine rings is 1. The molecule has 1 aromatic heterocycles. The normalized spacial score (nSPS) is 10.3. The Balaban J connectivity index is 1.92. The Bertz CT molecular complexity index is 614. The maximum atomic E-state index is 13.0. The third-order valence-electron chi connectivity index (χ3n) is 2.74. The van der Waals surface area contributed by atoms with Crippen LogP contribution in [0, 0.1) is 11.6 Å². The van der Waals surface area contributed by atoms with Crippen molar-refractivity contribution in [3.05, 3.63) is 59.3 Å². The van der Waals surface area contributed by atoms with Gasteiger partial charge in [0.05, 0.1) is 11.8 Å². The Kier molecular flexibility index (Phi) is 4.24. The molecular weight excluding hydrogens is 264 g/mol. The van der Waals surface area contributed by atoms with Crippen molar-refractivity contribution in [2.75, 3.05) is 12.3 Å². The van der Waals surface area contributed by atoms with Crippen LogP contribution in [0.5, 0.6) is 0 Å². The molecule has 104 valence electrons. The molecule has 0 saturated heterocycles. The van der Waals surface area contributed by atoms with E-state index in [0.717, 1.165) is 17.8 Å².